The Balaban J connectivity index is 2.06. The van der Waals surface area contributed by atoms with Gasteiger partial charge >= 0.3 is 0 Å². The fourth-order valence-electron chi connectivity index (χ4n) is 3.64. The van der Waals surface area contributed by atoms with Crippen molar-refractivity contribution in [3.05, 3.63) is 0 Å². The average molecular weight is 212 g/mol. The van der Waals surface area contributed by atoms with E-state index in [4.69, 9.17) is 0 Å². The standard InChI is InChI=1S/C13H24O2/c14-10-12-8-4-5-9-13(12,15)11-6-2-1-3-7-11/h11-12,14-15H,1-10H2/t12-,13-/m0/s1. The molecular formula is C13H24O2. The van der Waals surface area contributed by atoms with Crippen LogP contribution >= 0.6 is 0 Å². The third-order valence-electron chi connectivity index (χ3n) is 4.62. The molecule has 0 aromatic rings. The van der Waals surface area contributed by atoms with Crippen LogP contribution < -0.4 is 0 Å². The van der Waals surface area contributed by atoms with Crippen molar-refractivity contribution < 1.29 is 10.2 Å². The van der Waals surface area contributed by atoms with E-state index in [0.29, 0.717) is 5.92 Å². The van der Waals surface area contributed by atoms with Gasteiger partial charge in [0.1, 0.15) is 0 Å². The SMILES string of the molecule is OC[C@@H]1CCCC[C@]1(O)C1CCCCC1. The Morgan fingerprint density at radius 3 is 2.27 bits per heavy atom. The average Bonchev–Trinajstić information content (AvgIpc) is 2.31. The van der Waals surface area contributed by atoms with Gasteiger partial charge in [-0.2, -0.15) is 0 Å². The highest BCUT2D eigenvalue weighted by molar-refractivity contribution is 4.95. The van der Waals surface area contributed by atoms with Crippen LogP contribution in [0.2, 0.25) is 0 Å². The van der Waals surface area contributed by atoms with E-state index in [1.54, 1.807) is 0 Å². The molecule has 2 saturated carbocycles. The van der Waals surface area contributed by atoms with Crippen LogP contribution in [0.1, 0.15) is 57.8 Å². The molecule has 0 aliphatic heterocycles. The zero-order valence-corrected chi connectivity index (χ0v) is 9.62. The Morgan fingerprint density at radius 2 is 1.60 bits per heavy atom. The molecule has 0 unspecified atom stereocenters. The third-order valence-corrected chi connectivity index (χ3v) is 4.62. The molecule has 0 aromatic carbocycles. The normalized spacial score (nSPS) is 39.2. The van der Waals surface area contributed by atoms with Crippen LogP contribution in [0.4, 0.5) is 0 Å². The van der Waals surface area contributed by atoms with E-state index in [-0.39, 0.29) is 12.5 Å². The van der Waals surface area contributed by atoms with E-state index in [1.165, 1.54) is 38.5 Å². The molecule has 2 aliphatic rings. The van der Waals surface area contributed by atoms with Gasteiger partial charge in [-0.1, -0.05) is 32.1 Å². The molecule has 2 rings (SSSR count). The second-order valence-corrected chi connectivity index (χ2v) is 5.45. The predicted molar refractivity (Wildman–Crippen MR) is 60.6 cm³/mol. The molecule has 2 atom stereocenters. The van der Waals surface area contributed by atoms with Gasteiger partial charge < -0.3 is 10.2 Å². The van der Waals surface area contributed by atoms with Gasteiger partial charge in [0, 0.05) is 12.5 Å². The van der Waals surface area contributed by atoms with Crippen LogP contribution in [0.3, 0.4) is 0 Å². The molecular weight excluding hydrogens is 188 g/mol. The van der Waals surface area contributed by atoms with Crippen molar-refractivity contribution in [2.75, 3.05) is 6.61 Å². The summed E-state index contributed by atoms with van der Waals surface area (Å²) in [6.07, 6.45) is 10.5. The second kappa shape index (κ2) is 4.84. The number of rotatable bonds is 2. The summed E-state index contributed by atoms with van der Waals surface area (Å²) < 4.78 is 0. The monoisotopic (exact) mass is 212 g/mol. The molecule has 0 amide bonds. The predicted octanol–water partition coefficient (Wildman–Crippen LogP) is 2.48. The summed E-state index contributed by atoms with van der Waals surface area (Å²) in [5.41, 5.74) is -0.534. The smallest absolute Gasteiger partial charge is 0.0725 e. The molecule has 2 aliphatic carbocycles. The molecule has 2 fully saturated rings. The first-order chi connectivity index (χ1) is 7.27. The maximum atomic E-state index is 10.8. The van der Waals surface area contributed by atoms with E-state index in [9.17, 15) is 10.2 Å². The third kappa shape index (κ3) is 2.21. The zero-order chi connectivity index (χ0) is 10.7. The van der Waals surface area contributed by atoms with Gasteiger partial charge in [-0.15, -0.1) is 0 Å². The van der Waals surface area contributed by atoms with Crippen LogP contribution in [0, 0.1) is 11.8 Å². The van der Waals surface area contributed by atoms with Crippen molar-refractivity contribution in [3.8, 4) is 0 Å². The minimum absolute atomic E-state index is 0.148. The fraction of sp³-hybridized carbons (Fsp3) is 1.00. The molecule has 15 heavy (non-hydrogen) atoms. The first kappa shape index (κ1) is 11.4. The molecule has 0 heterocycles. The minimum Gasteiger partial charge on any atom is -0.396 e. The first-order valence-corrected chi connectivity index (χ1v) is 6.60. The minimum atomic E-state index is -0.534. The van der Waals surface area contributed by atoms with E-state index < -0.39 is 5.60 Å². The fourth-order valence-corrected chi connectivity index (χ4v) is 3.64. The summed E-state index contributed by atoms with van der Waals surface area (Å²) in [5, 5.41) is 20.2. The summed E-state index contributed by atoms with van der Waals surface area (Å²) in [7, 11) is 0. The Morgan fingerprint density at radius 1 is 0.933 bits per heavy atom. The van der Waals surface area contributed by atoms with Crippen molar-refractivity contribution >= 4 is 0 Å². The summed E-state index contributed by atoms with van der Waals surface area (Å²) in [4.78, 5) is 0. The van der Waals surface area contributed by atoms with Crippen molar-refractivity contribution in [1.29, 1.82) is 0 Å². The molecule has 88 valence electrons. The Hall–Kier alpha value is -0.0800. The van der Waals surface area contributed by atoms with Crippen molar-refractivity contribution in [2.24, 2.45) is 11.8 Å². The highest BCUT2D eigenvalue weighted by Gasteiger charge is 2.44. The highest BCUT2D eigenvalue weighted by atomic mass is 16.3. The number of aliphatic hydroxyl groups excluding tert-OH is 1. The quantitative estimate of drug-likeness (QED) is 0.738. The van der Waals surface area contributed by atoms with Crippen molar-refractivity contribution in [2.45, 2.75) is 63.4 Å². The molecule has 2 heteroatoms. The first-order valence-electron chi connectivity index (χ1n) is 6.60. The lowest BCUT2D eigenvalue weighted by Gasteiger charge is -2.46. The van der Waals surface area contributed by atoms with Crippen LogP contribution in [-0.2, 0) is 0 Å². The van der Waals surface area contributed by atoms with Crippen molar-refractivity contribution in [1.82, 2.24) is 0 Å². The summed E-state index contributed by atoms with van der Waals surface area (Å²) >= 11 is 0. The number of hydrogen-bond donors (Lipinski definition) is 2. The molecule has 0 radical (unpaired) electrons. The largest absolute Gasteiger partial charge is 0.396 e. The van der Waals surface area contributed by atoms with E-state index in [1.807, 2.05) is 0 Å². The maximum Gasteiger partial charge on any atom is 0.0725 e. The molecule has 0 aromatic heterocycles. The summed E-state index contributed by atoms with van der Waals surface area (Å²) in [5.74, 6) is 0.609. The lowest BCUT2D eigenvalue weighted by Crippen LogP contribution is -2.49. The van der Waals surface area contributed by atoms with Gasteiger partial charge in [-0.25, -0.2) is 0 Å². The van der Waals surface area contributed by atoms with E-state index in [0.717, 1.165) is 19.3 Å². The highest BCUT2D eigenvalue weighted by Crippen LogP contribution is 2.44. The topological polar surface area (TPSA) is 40.5 Å². The molecule has 2 N–H and O–H groups in total. The second-order valence-electron chi connectivity index (χ2n) is 5.45. The molecule has 2 nitrogen and oxygen atoms in total. The Kier molecular flexibility index (Phi) is 3.68. The van der Waals surface area contributed by atoms with Crippen LogP contribution in [0.15, 0.2) is 0 Å². The molecule has 0 bridgehead atoms. The Labute approximate surface area is 92.7 Å². The summed E-state index contributed by atoms with van der Waals surface area (Å²) in [6, 6.07) is 0. The molecule has 0 saturated heterocycles. The maximum absolute atomic E-state index is 10.8. The molecule has 0 spiro atoms. The van der Waals surface area contributed by atoms with Crippen LogP contribution in [0.25, 0.3) is 0 Å². The van der Waals surface area contributed by atoms with Gasteiger partial charge in [-0.3, -0.25) is 0 Å². The number of aliphatic hydroxyl groups is 2. The van der Waals surface area contributed by atoms with Gasteiger partial charge in [-0.05, 0) is 31.6 Å². The lowest BCUT2D eigenvalue weighted by molar-refractivity contribution is -0.117. The van der Waals surface area contributed by atoms with Crippen LogP contribution in [0.5, 0.6) is 0 Å². The van der Waals surface area contributed by atoms with E-state index in [2.05, 4.69) is 0 Å². The van der Waals surface area contributed by atoms with Crippen LogP contribution in [-0.4, -0.2) is 22.4 Å². The van der Waals surface area contributed by atoms with E-state index >= 15 is 0 Å². The lowest BCUT2D eigenvalue weighted by atomic mass is 9.65. The van der Waals surface area contributed by atoms with Gasteiger partial charge in [0.25, 0.3) is 0 Å². The summed E-state index contributed by atoms with van der Waals surface area (Å²) in [6.45, 7) is 0.174. The van der Waals surface area contributed by atoms with Gasteiger partial charge in [0.15, 0.2) is 0 Å². The number of hydrogen-bond acceptors (Lipinski definition) is 2. The van der Waals surface area contributed by atoms with Crippen molar-refractivity contribution in [3.63, 3.8) is 0 Å². The van der Waals surface area contributed by atoms with Gasteiger partial charge in [0.2, 0.25) is 0 Å². The Bertz CT molecular complexity index is 199. The van der Waals surface area contributed by atoms with Gasteiger partial charge in [0.05, 0.1) is 5.60 Å². The zero-order valence-electron chi connectivity index (χ0n) is 9.62.